The molecule has 0 unspecified atom stereocenters. The molecule has 0 bridgehead atoms. The fourth-order valence-corrected chi connectivity index (χ4v) is 2.17. The summed E-state index contributed by atoms with van der Waals surface area (Å²) in [6.45, 7) is 0.958. The van der Waals surface area contributed by atoms with Crippen LogP contribution in [0, 0.1) is 0 Å². The molecule has 0 N–H and O–H groups in total. The molecule has 1 rings (SSSR count). The Morgan fingerprint density at radius 1 is 1.20 bits per heavy atom. The fourth-order valence-electron chi connectivity index (χ4n) is 1.46. The van der Waals surface area contributed by atoms with Crippen molar-refractivity contribution in [3.05, 3.63) is 0 Å². The van der Waals surface area contributed by atoms with Crippen LogP contribution in [-0.2, 0) is 0 Å². The molecule has 0 radical (unpaired) electrons. The number of halogens is 1. The zero-order chi connectivity index (χ0) is 10.8. The normalized spacial score (nSPS) is 16.3. The van der Waals surface area contributed by atoms with Gasteiger partial charge in [-0.3, -0.25) is 4.99 Å². The van der Waals surface area contributed by atoms with Gasteiger partial charge in [0.2, 0.25) is 0 Å². The number of aliphatic imine (C=N–C) groups is 1. The van der Waals surface area contributed by atoms with Crippen molar-refractivity contribution in [1.29, 1.82) is 0 Å². The lowest BCUT2D eigenvalue weighted by Crippen LogP contribution is -2.36. The van der Waals surface area contributed by atoms with Crippen molar-refractivity contribution in [2.24, 2.45) is 4.99 Å². The minimum Gasteiger partial charge on any atom is -0.349 e. The Hall–Kier alpha value is 0.350. The summed E-state index contributed by atoms with van der Waals surface area (Å²) in [6, 6.07) is 0. The Balaban J connectivity index is 0.00000196. The van der Waals surface area contributed by atoms with Gasteiger partial charge < -0.3 is 9.80 Å². The lowest BCUT2D eigenvalue weighted by molar-refractivity contribution is 0.479. The number of thioether (sulfide) groups is 1. The average Bonchev–Trinajstić information content (AvgIpc) is 2.84. The van der Waals surface area contributed by atoms with Crippen LogP contribution in [0.25, 0.3) is 0 Å². The van der Waals surface area contributed by atoms with Crippen LogP contribution in [0.15, 0.2) is 4.99 Å². The Morgan fingerprint density at radius 3 is 1.93 bits per heavy atom. The van der Waals surface area contributed by atoms with E-state index in [2.05, 4.69) is 21.0 Å². The summed E-state index contributed by atoms with van der Waals surface area (Å²) in [6.07, 6.45) is 4.84. The molecule has 15 heavy (non-hydrogen) atoms. The molecular weight excluding hydrogens is 321 g/mol. The highest BCUT2D eigenvalue weighted by atomic mass is 127. The first-order valence-corrected chi connectivity index (χ1v) is 6.17. The van der Waals surface area contributed by atoms with Gasteiger partial charge in [0.15, 0.2) is 5.96 Å². The van der Waals surface area contributed by atoms with Crippen molar-refractivity contribution >= 4 is 41.7 Å². The lowest BCUT2D eigenvalue weighted by Gasteiger charge is -2.23. The summed E-state index contributed by atoms with van der Waals surface area (Å²) < 4.78 is 0.470. The van der Waals surface area contributed by atoms with E-state index in [1.807, 2.05) is 40.0 Å². The third kappa shape index (κ3) is 4.38. The third-order valence-corrected chi connectivity index (χ3v) is 3.95. The highest BCUT2D eigenvalue weighted by Gasteiger charge is 2.41. The molecule has 0 aromatic rings. The van der Waals surface area contributed by atoms with Crippen LogP contribution in [0.4, 0.5) is 0 Å². The smallest absolute Gasteiger partial charge is 0.195 e. The van der Waals surface area contributed by atoms with Gasteiger partial charge in [0, 0.05) is 32.9 Å². The van der Waals surface area contributed by atoms with Gasteiger partial charge in [0.05, 0.1) is 6.54 Å². The molecule has 0 aromatic carbocycles. The molecular formula is C10H22IN3S. The van der Waals surface area contributed by atoms with Gasteiger partial charge in [-0.25, -0.2) is 0 Å². The second kappa shape index (κ2) is 6.18. The number of hydrogen-bond acceptors (Lipinski definition) is 2. The van der Waals surface area contributed by atoms with Gasteiger partial charge in [0.25, 0.3) is 0 Å². The minimum absolute atomic E-state index is 0. The van der Waals surface area contributed by atoms with Crippen LogP contribution in [0.3, 0.4) is 0 Å². The van der Waals surface area contributed by atoms with Crippen LogP contribution in [-0.4, -0.2) is 61.5 Å². The topological polar surface area (TPSA) is 18.8 Å². The first-order chi connectivity index (χ1) is 6.51. The summed E-state index contributed by atoms with van der Waals surface area (Å²) in [5.41, 5.74) is 0. The van der Waals surface area contributed by atoms with E-state index in [0.717, 1.165) is 12.5 Å². The SMILES string of the molecule is CSC1(CN=C(N(C)C)N(C)C)CC1.I. The Bertz CT molecular complexity index is 215. The highest BCUT2D eigenvalue weighted by Crippen LogP contribution is 2.47. The van der Waals surface area contributed by atoms with E-state index in [1.165, 1.54) is 12.8 Å². The third-order valence-electron chi connectivity index (χ3n) is 2.55. The van der Waals surface area contributed by atoms with Crippen LogP contribution in [0.1, 0.15) is 12.8 Å². The van der Waals surface area contributed by atoms with Crippen molar-refractivity contribution in [3.63, 3.8) is 0 Å². The number of rotatable bonds is 3. The molecule has 0 saturated heterocycles. The van der Waals surface area contributed by atoms with Gasteiger partial charge in [0.1, 0.15) is 0 Å². The van der Waals surface area contributed by atoms with Gasteiger partial charge in [-0.2, -0.15) is 11.8 Å². The van der Waals surface area contributed by atoms with Crippen molar-refractivity contribution in [2.75, 3.05) is 41.0 Å². The molecule has 1 saturated carbocycles. The van der Waals surface area contributed by atoms with Crippen LogP contribution in [0.2, 0.25) is 0 Å². The van der Waals surface area contributed by atoms with E-state index in [9.17, 15) is 0 Å². The monoisotopic (exact) mass is 343 g/mol. The summed E-state index contributed by atoms with van der Waals surface area (Å²) >= 11 is 1.96. The maximum Gasteiger partial charge on any atom is 0.195 e. The molecule has 0 amide bonds. The maximum absolute atomic E-state index is 4.68. The van der Waals surface area contributed by atoms with Crippen LogP contribution >= 0.6 is 35.7 Å². The van der Waals surface area contributed by atoms with E-state index in [1.54, 1.807) is 0 Å². The Kier molecular flexibility index (Phi) is 6.32. The van der Waals surface area contributed by atoms with E-state index in [-0.39, 0.29) is 24.0 Å². The second-order valence-electron chi connectivity index (χ2n) is 4.29. The molecule has 0 heterocycles. The minimum atomic E-state index is 0. The Labute approximate surface area is 115 Å². The quantitative estimate of drug-likeness (QED) is 0.444. The molecule has 3 nitrogen and oxygen atoms in total. The van der Waals surface area contributed by atoms with Crippen molar-refractivity contribution in [1.82, 2.24) is 9.80 Å². The van der Waals surface area contributed by atoms with Gasteiger partial charge >= 0.3 is 0 Å². The van der Waals surface area contributed by atoms with Gasteiger partial charge in [-0.1, -0.05) is 0 Å². The van der Waals surface area contributed by atoms with E-state index in [0.29, 0.717) is 4.75 Å². The summed E-state index contributed by atoms with van der Waals surface area (Å²) in [5.74, 6) is 1.06. The number of guanidine groups is 1. The summed E-state index contributed by atoms with van der Waals surface area (Å²) in [5, 5.41) is 0. The van der Waals surface area contributed by atoms with Gasteiger partial charge in [-0.15, -0.1) is 24.0 Å². The molecule has 90 valence electrons. The van der Waals surface area contributed by atoms with Gasteiger partial charge in [-0.05, 0) is 19.1 Å². The standard InChI is InChI=1S/C10H21N3S.HI/c1-12(2)9(13(3)4)11-8-10(14-5)6-7-10;/h6-8H2,1-5H3;1H. The molecule has 5 heteroatoms. The lowest BCUT2D eigenvalue weighted by atomic mass is 10.4. The van der Waals surface area contributed by atoms with Crippen molar-refractivity contribution in [2.45, 2.75) is 17.6 Å². The molecule has 0 spiro atoms. The fraction of sp³-hybridized carbons (Fsp3) is 0.900. The van der Waals surface area contributed by atoms with E-state index >= 15 is 0 Å². The molecule has 1 aliphatic carbocycles. The predicted molar refractivity (Wildman–Crippen MR) is 80.6 cm³/mol. The molecule has 0 aliphatic heterocycles. The highest BCUT2D eigenvalue weighted by molar-refractivity contribution is 14.0. The number of nitrogens with zero attached hydrogens (tertiary/aromatic N) is 3. The first-order valence-electron chi connectivity index (χ1n) is 4.95. The molecule has 0 atom stereocenters. The predicted octanol–water partition coefficient (Wildman–Crippen LogP) is 1.98. The largest absolute Gasteiger partial charge is 0.349 e. The molecule has 1 fully saturated rings. The second-order valence-corrected chi connectivity index (χ2v) is 5.57. The van der Waals surface area contributed by atoms with E-state index in [4.69, 9.17) is 0 Å². The summed E-state index contributed by atoms with van der Waals surface area (Å²) in [4.78, 5) is 8.81. The first kappa shape index (κ1) is 15.3. The Morgan fingerprint density at radius 2 is 1.67 bits per heavy atom. The maximum atomic E-state index is 4.68. The van der Waals surface area contributed by atoms with Crippen LogP contribution in [0.5, 0.6) is 0 Å². The van der Waals surface area contributed by atoms with E-state index < -0.39 is 0 Å². The zero-order valence-electron chi connectivity index (χ0n) is 10.3. The zero-order valence-corrected chi connectivity index (χ0v) is 13.4. The summed E-state index contributed by atoms with van der Waals surface area (Å²) in [7, 11) is 8.16. The average molecular weight is 343 g/mol. The molecule has 0 aromatic heterocycles. The van der Waals surface area contributed by atoms with Crippen molar-refractivity contribution in [3.8, 4) is 0 Å². The van der Waals surface area contributed by atoms with Crippen molar-refractivity contribution < 1.29 is 0 Å². The number of hydrogen-bond donors (Lipinski definition) is 0. The van der Waals surface area contributed by atoms with Crippen LogP contribution < -0.4 is 0 Å². The molecule has 1 aliphatic rings.